The zero-order valence-corrected chi connectivity index (χ0v) is 24.1. The first kappa shape index (κ1) is 27.2. The number of imide groups is 1. The Hall–Kier alpha value is -4.00. The van der Waals surface area contributed by atoms with Gasteiger partial charge in [-0.2, -0.15) is 0 Å². The van der Waals surface area contributed by atoms with E-state index in [0.717, 1.165) is 28.0 Å². The average molecular weight is 606 g/mol. The van der Waals surface area contributed by atoms with E-state index in [1.165, 1.54) is 32.9 Å². The lowest BCUT2D eigenvalue weighted by Gasteiger charge is -2.29. The van der Waals surface area contributed by atoms with Crippen LogP contribution in [0.5, 0.6) is 0 Å². The zero-order chi connectivity index (χ0) is 28.7. The van der Waals surface area contributed by atoms with Gasteiger partial charge in [0.15, 0.2) is 0 Å². The van der Waals surface area contributed by atoms with Crippen LogP contribution < -0.4 is 15.1 Å². The lowest BCUT2D eigenvalue weighted by atomic mass is 9.87. The molecule has 2 aliphatic rings. The summed E-state index contributed by atoms with van der Waals surface area (Å²) in [5, 5.41) is 4.44. The molecule has 3 atom stereocenters. The number of amides is 3. The van der Waals surface area contributed by atoms with Gasteiger partial charge in [0.1, 0.15) is 11.8 Å². The van der Waals surface area contributed by atoms with E-state index in [1.54, 1.807) is 43.3 Å². The maximum atomic E-state index is 13.9. The van der Waals surface area contributed by atoms with Gasteiger partial charge >= 0.3 is 10.8 Å². The van der Waals surface area contributed by atoms with E-state index >= 15 is 0 Å². The molecule has 2 aliphatic heterocycles. The van der Waals surface area contributed by atoms with Crippen LogP contribution in [0.25, 0.3) is 0 Å². The Morgan fingerprint density at radius 2 is 1.71 bits per heavy atom. The first-order valence-electron chi connectivity index (χ1n) is 12.8. The molecule has 1 N–H and O–H groups in total. The molecule has 41 heavy (non-hydrogen) atoms. The number of nitrogens with zero attached hydrogens (tertiary/aromatic N) is 2. The average Bonchev–Trinajstić information content (AvgIpc) is 3.67. The highest BCUT2D eigenvalue weighted by atomic mass is 32.2. The molecule has 0 radical (unpaired) electrons. The van der Waals surface area contributed by atoms with Gasteiger partial charge in [-0.1, -0.05) is 47.4 Å². The Morgan fingerprint density at radius 1 is 0.951 bits per heavy atom. The van der Waals surface area contributed by atoms with Crippen LogP contribution in [0, 0.1) is 5.92 Å². The molecule has 4 heterocycles. The zero-order valence-electron chi connectivity index (χ0n) is 21.6. The van der Waals surface area contributed by atoms with Gasteiger partial charge in [0.2, 0.25) is 17.7 Å². The van der Waals surface area contributed by atoms with Gasteiger partial charge in [-0.25, -0.2) is 9.69 Å². The lowest BCUT2D eigenvalue weighted by molar-refractivity contribution is -0.122. The minimum atomic E-state index is -0.788. The van der Waals surface area contributed by atoms with Crippen molar-refractivity contribution in [3.63, 3.8) is 0 Å². The van der Waals surface area contributed by atoms with Crippen LogP contribution in [0.1, 0.15) is 33.0 Å². The summed E-state index contributed by atoms with van der Waals surface area (Å²) in [6, 6.07) is 18.9. The second kappa shape index (κ2) is 11.1. The summed E-state index contributed by atoms with van der Waals surface area (Å²) in [7, 11) is 0. The number of rotatable bonds is 7. The van der Waals surface area contributed by atoms with Crippen LogP contribution in [0.15, 0.2) is 81.9 Å². The molecule has 2 unspecified atom stereocenters. The van der Waals surface area contributed by atoms with Crippen LogP contribution in [0.4, 0.5) is 11.4 Å². The van der Waals surface area contributed by atoms with Crippen molar-refractivity contribution in [3.05, 3.63) is 97.1 Å². The molecule has 0 aliphatic carbocycles. The van der Waals surface area contributed by atoms with Gasteiger partial charge in [-0.05, 0) is 54.8 Å². The molecule has 6 rings (SSSR count). The summed E-state index contributed by atoms with van der Waals surface area (Å²) in [5.74, 6) is -2.86. The second-order valence-electron chi connectivity index (χ2n) is 9.37. The topological polar surface area (TPSA) is 115 Å². The number of esters is 1. The summed E-state index contributed by atoms with van der Waals surface area (Å²) in [4.78, 5) is 68.3. The highest BCUT2D eigenvalue weighted by Gasteiger charge is 2.57. The maximum Gasteiger partial charge on any atom is 0.338 e. The normalized spacial score (nSPS) is 19.5. The smallest absolute Gasteiger partial charge is 0.338 e. The van der Waals surface area contributed by atoms with E-state index in [0.29, 0.717) is 26.8 Å². The van der Waals surface area contributed by atoms with Crippen LogP contribution in [-0.4, -0.2) is 40.1 Å². The van der Waals surface area contributed by atoms with Gasteiger partial charge in [-0.3, -0.25) is 23.7 Å². The minimum absolute atomic E-state index is 0.220. The molecule has 0 spiro atoms. The number of hydrogen-bond donors (Lipinski definition) is 1. The maximum absolute atomic E-state index is 13.9. The van der Waals surface area contributed by atoms with Crippen molar-refractivity contribution in [2.24, 2.45) is 5.92 Å². The Kier molecular flexibility index (Phi) is 7.37. The first-order chi connectivity index (χ1) is 19.9. The lowest BCUT2D eigenvalue weighted by Crippen LogP contribution is -2.32. The molecule has 4 aromatic rings. The Bertz CT molecular complexity index is 1700. The predicted molar refractivity (Wildman–Crippen MR) is 158 cm³/mol. The molecule has 0 bridgehead atoms. The fourth-order valence-corrected chi connectivity index (χ4v) is 8.83. The number of carbonyl (C=O) groups is 4. The summed E-state index contributed by atoms with van der Waals surface area (Å²) in [6.07, 6.45) is 0. The predicted octanol–water partition coefficient (Wildman–Crippen LogP) is 4.58. The number of benzene rings is 2. The van der Waals surface area contributed by atoms with E-state index in [-0.39, 0.29) is 29.8 Å². The number of thiazole rings is 1. The van der Waals surface area contributed by atoms with Crippen LogP contribution >= 0.6 is 34.4 Å². The highest BCUT2D eigenvalue weighted by molar-refractivity contribution is 8.00. The third-order valence-corrected chi connectivity index (χ3v) is 10.5. The summed E-state index contributed by atoms with van der Waals surface area (Å²) >= 11 is 3.63. The molecule has 3 amide bonds. The third-order valence-electron chi connectivity index (χ3n) is 6.89. The van der Waals surface area contributed by atoms with Crippen LogP contribution in [0.3, 0.4) is 0 Å². The molecular formula is C29H23N3O6S3. The van der Waals surface area contributed by atoms with Crippen molar-refractivity contribution in [2.45, 2.75) is 29.7 Å². The van der Waals surface area contributed by atoms with Crippen LogP contribution in [0.2, 0.25) is 0 Å². The number of anilines is 2. The SMILES string of the molecule is CCOC(=O)c1ccc(N2C(=O)C3Sc4c(sc(=O)n4CC(=O)Nc4ccccc4)[C@@H](c4cccs4)C3C2=O)cc1. The largest absolute Gasteiger partial charge is 0.462 e. The van der Waals surface area contributed by atoms with E-state index in [4.69, 9.17) is 4.74 Å². The number of aromatic nitrogens is 1. The van der Waals surface area contributed by atoms with Gasteiger partial charge in [-0.15, -0.1) is 11.3 Å². The molecule has 208 valence electrons. The van der Waals surface area contributed by atoms with Gasteiger partial charge in [0.25, 0.3) is 0 Å². The minimum Gasteiger partial charge on any atom is -0.462 e. The summed E-state index contributed by atoms with van der Waals surface area (Å²) in [6.45, 7) is 1.73. The second-order valence-corrected chi connectivity index (χ2v) is 12.5. The number of fused-ring (bicyclic) bond motifs is 2. The fraction of sp³-hybridized carbons (Fsp3) is 0.207. The number of para-hydroxylation sites is 1. The van der Waals surface area contributed by atoms with Crippen molar-refractivity contribution >= 4 is 69.5 Å². The summed E-state index contributed by atoms with van der Waals surface area (Å²) in [5.41, 5.74) is 1.29. The summed E-state index contributed by atoms with van der Waals surface area (Å²) < 4.78 is 6.43. The van der Waals surface area contributed by atoms with E-state index in [2.05, 4.69) is 5.32 Å². The quantitative estimate of drug-likeness (QED) is 0.242. The molecule has 2 aromatic carbocycles. The number of hydrogen-bond acceptors (Lipinski definition) is 9. The van der Waals surface area contributed by atoms with Crippen LogP contribution in [-0.2, 0) is 25.7 Å². The van der Waals surface area contributed by atoms with Gasteiger partial charge in [0, 0.05) is 21.4 Å². The molecule has 12 heteroatoms. The van der Waals surface area contributed by atoms with E-state index in [9.17, 15) is 24.0 Å². The van der Waals surface area contributed by atoms with Gasteiger partial charge in [0.05, 0.1) is 28.8 Å². The fourth-order valence-electron chi connectivity index (χ4n) is 5.11. The molecule has 9 nitrogen and oxygen atoms in total. The highest BCUT2D eigenvalue weighted by Crippen LogP contribution is 2.54. The van der Waals surface area contributed by atoms with Crippen molar-refractivity contribution in [3.8, 4) is 0 Å². The van der Waals surface area contributed by atoms with Crippen molar-refractivity contribution in [2.75, 3.05) is 16.8 Å². The molecule has 2 aromatic heterocycles. The molecule has 1 saturated heterocycles. The number of nitrogens with one attached hydrogen (secondary N) is 1. The number of carbonyl (C=O) groups excluding carboxylic acids is 4. The Morgan fingerprint density at radius 3 is 2.39 bits per heavy atom. The number of thioether (sulfide) groups is 1. The molecule has 1 fully saturated rings. The van der Waals surface area contributed by atoms with E-state index < -0.39 is 29.0 Å². The molecular weight excluding hydrogens is 583 g/mol. The van der Waals surface area contributed by atoms with E-state index in [1.807, 2.05) is 23.6 Å². The third kappa shape index (κ3) is 4.92. The van der Waals surface area contributed by atoms with Gasteiger partial charge < -0.3 is 10.1 Å². The number of ether oxygens (including phenoxy) is 1. The Balaban J connectivity index is 1.35. The monoisotopic (exact) mass is 605 g/mol. The standard InChI is InChI=1S/C29H23N3O6S3/c1-2-38-28(36)16-10-12-18(13-11-16)32-25(34)22-21(19-9-6-14-39-19)24-27(40-23(22)26(32)35)31(29(37)41-24)15-20(33)30-17-7-4-3-5-8-17/h3-14,21-23H,2,15H2,1H3,(H,30,33)/t21-,22?,23?/m0/s1. The Labute approximate surface area is 246 Å². The van der Waals surface area contributed by atoms with Crippen molar-refractivity contribution < 1.29 is 23.9 Å². The first-order valence-corrected chi connectivity index (χ1v) is 15.4. The number of thiophene rings is 1. The van der Waals surface area contributed by atoms with Crippen molar-refractivity contribution in [1.82, 2.24) is 4.57 Å². The van der Waals surface area contributed by atoms with Crippen molar-refractivity contribution in [1.29, 1.82) is 0 Å². The molecule has 0 saturated carbocycles.